The summed E-state index contributed by atoms with van der Waals surface area (Å²) in [6, 6.07) is 13.9. The van der Waals surface area contributed by atoms with Gasteiger partial charge in [-0.2, -0.15) is 0 Å². The number of amides is 1. The molecule has 0 fully saturated rings. The summed E-state index contributed by atoms with van der Waals surface area (Å²) in [4.78, 5) is 44.6. The smallest absolute Gasteiger partial charge is 0.331 e. The van der Waals surface area contributed by atoms with Crippen molar-refractivity contribution in [3.8, 4) is 0 Å². The fraction of sp³-hybridized carbons (Fsp3) is 0.208. The molecule has 0 radical (unpaired) electrons. The molecule has 1 amide bonds. The highest BCUT2D eigenvalue weighted by Gasteiger charge is 2.10. The highest BCUT2D eigenvalue weighted by molar-refractivity contribution is 5.99. The number of para-hydroxylation sites is 2. The van der Waals surface area contributed by atoms with E-state index < -0.39 is 5.97 Å². The number of aromatic nitrogens is 2. The van der Waals surface area contributed by atoms with Crippen LogP contribution in [0.5, 0.6) is 0 Å². The van der Waals surface area contributed by atoms with Gasteiger partial charge in [0, 0.05) is 23.7 Å². The van der Waals surface area contributed by atoms with Crippen molar-refractivity contribution in [3.05, 3.63) is 72.1 Å². The average Bonchev–Trinajstić information content (AvgIpc) is 2.75. The number of carbonyl (C=O) groups excluding carboxylic acids is 3. The number of esters is 1. The maximum Gasteiger partial charge on any atom is 0.331 e. The molecule has 1 aromatic heterocycles. The van der Waals surface area contributed by atoms with E-state index in [4.69, 9.17) is 4.74 Å². The lowest BCUT2D eigenvalue weighted by molar-refractivity contribution is -0.136. The summed E-state index contributed by atoms with van der Waals surface area (Å²) in [5.74, 6) is -0.808. The van der Waals surface area contributed by atoms with Crippen molar-refractivity contribution in [1.29, 1.82) is 0 Å². The lowest BCUT2D eigenvalue weighted by Crippen LogP contribution is -2.14. The molecule has 7 heteroatoms. The maximum atomic E-state index is 12.2. The summed E-state index contributed by atoms with van der Waals surface area (Å²) < 4.78 is 5.01. The van der Waals surface area contributed by atoms with E-state index in [1.807, 2.05) is 38.1 Å². The number of benzene rings is 2. The predicted molar refractivity (Wildman–Crippen MR) is 118 cm³/mol. The molecule has 2 aromatic carbocycles. The molecule has 3 aromatic rings. The number of Topliss-reactive ketones (excluding diaryl/α,β-unsaturated/α-hetero) is 1. The molecule has 0 aliphatic rings. The first-order valence-electron chi connectivity index (χ1n) is 9.90. The van der Waals surface area contributed by atoms with Gasteiger partial charge in [-0.3, -0.25) is 14.6 Å². The second-order valence-electron chi connectivity index (χ2n) is 7.37. The van der Waals surface area contributed by atoms with Crippen molar-refractivity contribution in [3.63, 3.8) is 0 Å². The SMILES string of the molecule is CC(C)CC(=O)Nc1ccc(C(=O)COC(=O)C=Cc2cnc3ccccc3n2)cc1. The molecule has 0 aliphatic heterocycles. The number of nitrogens with one attached hydrogen (secondary N) is 1. The summed E-state index contributed by atoms with van der Waals surface area (Å²) in [6.07, 6.45) is 4.67. The van der Waals surface area contributed by atoms with E-state index in [1.54, 1.807) is 30.5 Å². The van der Waals surface area contributed by atoms with E-state index >= 15 is 0 Å². The number of carbonyl (C=O) groups is 3. The second kappa shape index (κ2) is 10.2. The fourth-order valence-electron chi connectivity index (χ4n) is 2.80. The Morgan fingerprint density at radius 1 is 1.03 bits per heavy atom. The minimum atomic E-state index is -0.652. The molecule has 0 aliphatic carbocycles. The summed E-state index contributed by atoms with van der Waals surface area (Å²) in [5, 5.41) is 2.78. The van der Waals surface area contributed by atoms with Gasteiger partial charge >= 0.3 is 5.97 Å². The first-order valence-corrected chi connectivity index (χ1v) is 9.90. The molecule has 0 unspecified atom stereocenters. The quantitative estimate of drug-likeness (QED) is 0.337. The molecular formula is C24H23N3O4. The second-order valence-corrected chi connectivity index (χ2v) is 7.37. The largest absolute Gasteiger partial charge is 0.454 e. The van der Waals surface area contributed by atoms with Crippen LogP contribution in [-0.4, -0.2) is 34.2 Å². The van der Waals surface area contributed by atoms with Crippen LogP contribution in [0.2, 0.25) is 0 Å². The summed E-state index contributed by atoms with van der Waals surface area (Å²) in [5.41, 5.74) is 2.99. The molecule has 3 rings (SSSR count). The van der Waals surface area contributed by atoms with Gasteiger partial charge in [0.2, 0.25) is 5.91 Å². The zero-order chi connectivity index (χ0) is 22.2. The highest BCUT2D eigenvalue weighted by atomic mass is 16.5. The van der Waals surface area contributed by atoms with Gasteiger partial charge in [-0.25, -0.2) is 9.78 Å². The molecular weight excluding hydrogens is 394 g/mol. The van der Waals surface area contributed by atoms with Gasteiger partial charge in [-0.15, -0.1) is 0 Å². The zero-order valence-electron chi connectivity index (χ0n) is 17.4. The summed E-state index contributed by atoms with van der Waals surface area (Å²) in [6.45, 7) is 3.55. The van der Waals surface area contributed by atoms with Gasteiger partial charge in [-0.05, 0) is 48.4 Å². The first-order chi connectivity index (χ1) is 14.9. The number of ether oxygens (including phenoxy) is 1. The third kappa shape index (κ3) is 6.57. The Labute approximate surface area is 180 Å². The van der Waals surface area contributed by atoms with Crippen LogP contribution in [0.1, 0.15) is 36.3 Å². The van der Waals surface area contributed by atoms with Crippen molar-refractivity contribution in [2.75, 3.05) is 11.9 Å². The van der Waals surface area contributed by atoms with Crippen LogP contribution in [0.4, 0.5) is 5.69 Å². The Morgan fingerprint density at radius 2 is 1.74 bits per heavy atom. The van der Waals surface area contributed by atoms with Crippen molar-refractivity contribution < 1.29 is 19.1 Å². The standard InChI is InChI=1S/C24H23N3O4/c1-16(2)13-23(29)27-18-9-7-17(8-10-18)22(28)15-31-24(30)12-11-19-14-25-20-5-3-4-6-21(20)26-19/h3-12,14,16H,13,15H2,1-2H3,(H,27,29). The molecule has 31 heavy (non-hydrogen) atoms. The van der Waals surface area contributed by atoms with Crippen LogP contribution in [-0.2, 0) is 14.3 Å². The third-order valence-corrected chi connectivity index (χ3v) is 4.29. The molecule has 0 bridgehead atoms. The summed E-state index contributed by atoms with van der Waals surface area (Å²) >= 11 is 0. The molecule has 158 valence electrons. The van der Waals surface area contributed by atoms with Crippen LogP contribution in [0.3, 0.4) is 0 Å². The van der Waals surface area contributed by atoms with Gasteiger partial charge in [0.1, 0.15) is 0 Å². The number of ketones is 1. The number of anilines is 1. The molecule has 7 nitrogen and oxygen atoms in total. The number of nitrogens with zero attached hydrogens (tertiary/aromatic N) is 2. The normalized spacial score (nSPS) is 11.1. The molecule has 0 spiro atoms. The lowest BCUT2D eigenvalue weighted by Gasteiger charge is -2.08. The van der Waals surface area contributed by atoms with Gasteiger partial charge < -0.3 is 10.1 Å². The minimum absolute atomic E-state index is 0.0779. The number of hydrogen-bond acceptors (Lipinski definition) is 6. The van der Waals surface area contributed by atoms with Crippen LogP contribution < -0.4 is 5.32 Å². The van der Waals surface area contributed by atoms with Crippen molar-refractivity contribution in [1.82, 2.24) is 9.97 Å². The predicted octanol–water partition coefficient (Wildman–Crippen LogP) is 4.05. The van der Waals surface area contributed by atoms with Crippen LogP contribution in [0.25, 0.3) is 17.1 Å². The zero-order valence-corrected chi connectivity index (χ0v) is 17.4. The Morgan fingerprint density at radius 3 is 2.45 bits per heavy atom. The Bertz CT molecular complexity index is 1120. The van der Waals surface area contributed by atoms with Crippen molar-refractivity contribution >= 4 is 40.5 Å². The van der Waals surface area contributed by atoms with E-state index in [2.05, 4.69) is 15.3 Å². The van der Waals surface area contributed by atoms with E-state index in [0.717, 1.165) is 11.0 Å². The third-order valence-electron chi connectivity index (χ3n) is 4.29. The first kappa shape index (κ1) is 21.8. The Balaban J connectivity index is 1.50. The Hall–Kier alpha value is -3.87. The number of hydrogen-bond donors (Lipinski definition) is 1. The van der Waals surface area contributed by atoms with Crippen LogP contribution in [0, 0.1) is 5.92 Å². The average molecular weight is 417 g/mol. The highest BCUT2D eigenvalue weighted by Crippen LogP contribution is 2.12. The maximum absolute atomic E-state index is 12.2. The fourth-order valence-corrected chi connectivity index (χ4v) is 2.80. The topological polar surface area (TPSA) is 98.2 Å². The van der Waals surface area contributed by atoms with Crippen molar-refractivity contribution in [2.45, 2.75) is 20.3 Å². The molecule has 1 heterocycles. The van der Waals surface area contributed by atoms with Gasteiger partial charge in [0.15, 0.2) is 12.4 Å². The van der Waals surface area contributed by atoms with Crippen LogP contribution in [0.15, 0.2) is 60.8 Å². The molecule has 1 N–H and O–H groups in total. The van der Waals surface area contributed by atoms with E-state index in [9.17, 15) is 14.4 Å². The van der Waals surface area contributed by atoms with E-state index in [0.29, 0.717) is 23.4 Å². The molecule has 0 atom stereocenters. The molecule has 0 saturated heterocycles. The van der Waals surface area contributed by atoms with E-state index in [-0.39, 0.29) is 24.2 Å². The number of fused-ring (bicyclic) bond motifs is 1. The van der Waals surface area contributed by atoms with Crippen LogP contribution >= 0.6 is 0 Å². The van der Waals surface area contributed by atoms with E-state index in [1.165, 1.54) is 12.2 Å². The van der Waals surface area contributed by atoms with Gasteiger partial charge in [0.05, 0.1) is 22.9 Å². The molecule has 0 saturated carbocycles. The minimum Gasteiger partial charge on any atom is -0.454 e. The summed E-state index contributed by atoms with van der Waals surface area (Å²) in [7, 11) is 0. The van der Waals surface area contributed by atoms with Crippen molar-refractivity contribution in [2.24, 2.45) is 5.92 Å². The monoisotopic (exact) mass is 417 g/mol. The van der Waals surface area contributed by atoms with Gasteiger partial charge in [0.25, 0.3) is 0 Å². The number of rotatable bonds is 8. The Kier molecular flexibility index (Phi) is 7.22. The van der Waals surface area contributed by atoms with Gasteiger partial charge in [-0.1, -0.05) is 26.0 Å². The lowest BCUT2D eigenvalue weighted by atomic mass is 10.1.